The van der Waals surface area contributed by atoms with Crippen LogP contribution in [0.4, 0.5) is 0 Å². The van der Waals surface area contributed by atoms with Crippen molar-refractivity contribution >= 4 is 5.91 Å². The molecule has 0 aliphatic carbocycles. The maximum Gasteiger partial charge on any atom is 0.290 e. The smallest absolute Gasteiger partial charge is 0.290 e. The Labute approximate surface area is 164 Å². The molecule has 1 amide bonds. The second-order valence-electron chi connectivity index (χ2n) is 6.74. The van der Waals surface area contributed by atoms with Crippen LogP contribution in [0.1, 0.15) is 40.1 Å². The van der Waals surface area contributed by atoms with Gasteiger partial charge < -0.3 is 19.2 Å². The van der Waals surface area contributed by atoms with Crippen LogP contribution < -0.4 is 4.74 Å². The minimum Gasteiger partial charge on any atom is -0.489 e. The van der Waals surface area contributed by atoms with Gasteiger partial charge in [0, 0.05) is 14.1 Å². The van der Waals surface area contributed by atoms with E-state index in [1.54, 1.807) is 14.1 Å². The highest BCUT2D eigenvalue weighted by Gasteiger charge is 2.19. The molecule has 3 aromatic rings. The Bertz CT molecular complexity index is 888. The Morgan fingerprint density at radius 2 is 1.79 bits per heavy atom. The lowest BCUT2D eigenvalue weighted by Crippen LogP contribution is -2.20. The molecule has 2 aromatic carbocycles. The highest BCUT2D eigenvalue weighted by Crippen LogP contribution is 2.20. The van der Waals surface area contributed by atoms with Gasteiger partial charge in [0.1, 0.15) is 18.5 Å². The van der Waals surface area contributed by atoms with Gasteiger partial charge in [-0.15, -0.1) is 0 Å². The standard InChI is InChI=1S/C22H24N2O4/c1-24(2)22(26)20-14-23-21(28-20)19(25)13-12-16-8-10-17(11-9-16)15-27-18-6-4-3-5-7-18/h3-11,14,19,25H,12-13,15H2,1-2H3. The summed E-state index contributed by atoms with van der Waals surface area (Å²) in [5, 5.41) is 10.3. The molecule has 0 aliphatic heterocycles. The lowest BCUT2D eigenvalue weighted by molar-refractivity contribution is 0.0781. The number of ether oxygens (including phenoxy) is 1. The number of aliphatic hydroxyl groups excluding tert-OH is 1. The molecule has 6 heteroatoms. The van der Waals surface area contributed by atoms with Crippen LogP contribution in [0.5, 0.6) is 5.75 Å². The van der Waals surface area contributed by atoms with E-state index in [1.807, 2.05) is 54.6 Å². The number of aliphatic hydroxyl groups is 1. The first-order chi connectivity index (χ1) is 13.5. The van der Waals surface area contributed by atoms with Gasteiger partial charge in [-0.1, -0.05) is 42.5 Å². The Hall–Kier alpha value is -3.12. The number of amides is 1. The molecular weight excluding hydrogens is 356 g/mol. The Kier molecular flexibility index (Phi) is 6.45. The largest absolute Gasteiger partial charge is 0.489 e. The van der Waals surface area contributed by atoms with Gasteiger partial charge in [0.15, 0.2) is 0 Å². The average molecular weight is 380 g/mol. The Balaban J connectivity index is 1.50. The zero-order valence-corrected chi connectivity index (χ0v) is 16.0. The molecule has 0 radical (unpaired) electrons. The topological polar surface area (TPSA) is 75.8 Å². The predicted molar refractivity (Wildman–Crippen MR) is 105 cm³/mol. The fraction of sp³-hybridized carbons (Fsp3) is 0.273. The molecule has 0 saturated heterocycles. The number of carbonyl (C=O) groups is 1. The van der Waals surface area contributed by atoms with Gasteiger partial charge >= 0.3 is 0 Å². The van der Waals surface area contributed by atoms with Gasteiger partial charge in [0.25, 0.3) is 5.91 Å². The molecule has 28 heavy (non-hydrogen) atoms. The number of aryl methyl sites for hydroxylation is 1. The van der Waals surface area contributed by atoms with E-state index in [0.717, 1.165) is 16.9 Å². The normalized spacial score (nSPS) is 11.8. The lowest BCUT2D eigenvalue weighted by atomic mass is 10.1. The van der Waals surface area contributed by atoms with E-state index in [2.05, 4.69) is 4.98 Å². The number of hydrogen-bond donors (Lipinski definition) is 1. The summed E-state index contributed by atoms with van der Waals surface area (Å²) in [7, 11) is 3.27. The van der Waals surface area contributed by atoms with E-state index in [1.165, 1.54) is 11.1 Å². The summed E-state index contributed by atoms with van der Waals surface area (Å²) in [6.45, 7) is 0.506. The molecule has 1 atom stereocenters. The maximum atomic E-state index is 11.8. The van der Waals surface area contributed by atoms with Crippen molar-refractivity contribution in [2.24, 2.45) is 0 Å². The number of nitrogens with zero attached hydrogens (tertiary/aromatic N) is 2. The van der Waals surface area contributed by atoms with E-state index < -0.39 is 6.10 Å². The number of oxazole rings is 1. The van der Waals surface area contributed by atoms with E-state index in [9.17, 15) is 9.90 Å². The third kappa shape index (κ3) is 5.20. The molecule has 0 bridgehead atoms. The van der Waals surface area contributed by atoms with Gasteiger partial charge in [-0.3, -0.25) is 4.79 Å². The SMILES string of the molecule is CN(C)C(=O)c1cnc(C(O)CCc2ccc(COc3ccccc3)cc2)o1. The van der Waals surface area contributed by atoms with Crippen molar-refractivity contribution in [3.05, 3.63) is 83.6 Å². The van der Waals surface area contributed by atoms with Crippen molar-refractivity contribution in [1.29, 1.82) is 0 Å². The van der Waals surface area contributed by atoms with Crippen LogP contribution in [-0.4, -0.2) is 35.0 Å². The highest BCUT2D eigenvalue weighted by molar-refractivity contribution is 5.90. The number of rotatable bonds is 8. The molecule has 0 spiro atoms. The van der Waals surface area contributed by atoms with E-state index in [0.29, 0.717) is 19.4 Å². The molecule has 0 aliphatic rings. The second-order valence-corrected chi connectivity index (χ2v) is 6.74. The van der Waals surface area contributed by atoms with Crippen LogP contribution in [0, 0.1) is 0 Å². The van der Waals surface area contributed by atoms with Crippen LogP contribution in [0.2, 0.25) is 0 Å². The summed E-state index contributed by atoms with van der Waals surface area (Å²) in [5.74, 6) is 0.854. The fourth-order valence-electron chi connectivity index (χ4n) is 2.67. The summed E-state index contributed by atoms with van der Waals surface area (Å²) in [6.07, 6.45) is 1.61. The van der Waals surface area contributed by atoms with Crippen molar-refractivity contribution in [3.63, 3.8) is 0 Å². The van der Waals surface area contributed by atoms with Crippen molar-refractivity contribution < 1.29 is 19.1 Å². The molecule has 3 rings (SSSR count). The minimum atomic E-state index is -0.857. The van der Waals surface area contributed by atoms with Crippen LogP contribution in [0.25, 0.3) is 0 Å². The molecule has 1 N–H and O–H groups in total. The zero-order valence-electron chi connectivity index (χ0n) is 16.0. The number of hydrogen-bond acceptors (Lipinski definition) is 5. The summed E-state index contributed by atoms with van der Waals surface area (Å²) >= 11 is 0. The first kappa shape index (κ1) is 19.6. The van der Waals surface area contributed by atoms with Crippen LogP contribution in [-0.2, 0) is 13.0 Å². The van der Waals surface area contributed by atoms with Crippen molar-refractivity contribution in [2.75, 3.05) is 14.1 Å². The number of carbonyl (C=O) groups excluding carboxylic acids is 1. The van der Waals surface area contributed by atoms with Gasteiger partial charge in [0.2, 0.25) is 11.7 Å². The van der Waals surface area contributed by atoms with Crippen molar-refractivity contribution in [2.45, 2.75) is 25.6 Å². The monoisotopic (exact) mass is 380 g/mol. The van der Waals surface area contributed by atoms with Crippen LogP contribution in [0.3, 0.4) is 0 Å². The molecular formula is C22H24N2O4. The number of para-hydroxylation sites is 1. The molecule has 6 nitrogen and oxygen atoms in total. The van der Waals surface area contributed by atoms with Gasteiger partial charge in [-0.05, 0) is 36.1 Å². The third-order valence-electron chi connectivity index (χ3n) is 4.30. The summed E-state index contributed by atoms with van der Waals surface area (Å²) < 4.78 is 11.1. The molecule has 146 valence electrons. The van der Waals surface area contributed by atoms with Gasteiger partial charge in [0.05, 0.1) is 6.20 Å². The summed E-state index contributed by atoms with van der Waals surface area (Å²) in [5.41, 5.74) is 2.17. The molecule has 1 aromatic heterocycles. The summed E-state index contributed by atoms with van der Waals surface area (Å²) in [6, 6.07) is 17.8. The van der Waals surface area contributed by atoms with Gasteiger partial charge in [-0.25, -0.2) is 4.98 Å². The second kappa shape index (κ2) is 9.19. The molecule has 1 heterocycles. The third-order valence-corrected chi connectivity index (χ3v) is 4.30. The minimum absolute atomic E-state index is 0.127. The molecule has 1 unspecified atom stereocenters. The van der Waals surface area contributed by atoms with E-state index >= 15 is 0 Å². The van der Waals surface area contributed by atoms with Crippen molar-refractivity contribution in [3.8, 4) is 5.75 Å². The number of benzene rings is 2. The first-order valence-electron chi connectivity index (χ1n) is 9.14. The van der Waals surface area contributed by atoms with Gasteiger partial charge in [-0.2, -0.15) is 0 Å². The summed E-state index contributed by atoms with van der Waals surface area (Å²) in [4.78, 5) is 17.3. The zero-order chi connectivity index (χ0) is 19.9. The molecule has 0 fully saturated rings. The Morgan fingerprint density at radius 3 is 2.46 bits per heavy atom. The first-order valence-corrected chi connectivity index (χ1v) is 9.14. The van der Waals surface area contributed by atoms with E-state index in [4.69, 9.17) is 9.15 Å². The van der Waals surface area contributed by atoms with Crippen LogP contribution >= 0.6 is 0 Å². The van der Waals surface area contributed by atoms with Crippen LogP contribution in [0.15, 0.2) is 65.2 Å². The number of aromatic nitrogens is 1. The molecule has 0 saturated carbocycles. The average Bonchev–Trinajstić information content (AvgIpc) is 3.21. The van der Waals surface area contributed by atoms with E-state index in [-0.39, 0.29) is 17.6 Å². The fourth-order valence-corrected chi connectivity index (χ4v) is 2.67. The predicted octanol–water partition coefficient (Wildman–Crippen LogP) is 3.62. The van der Waals surface area contributed by atoms with Crippen molar-refractivity contribution in [1.82, 2.24) is 9.88 Å². The quantitative estimate of drug-likeness (QED) is 0.646. The Morgan fingerprint density at radius 1 is 1.11 bits per heavy atom. The highest BCUT2D eigenvalue weighted by atomic mass is 16.5. The maximum absolute atomic E-state index is 11.8. The lowest BCUT2D eigenvalue weighted by Gasteiger charge is -2.09.